The zero-order chi connectivity index (χ0) is 12.0. The Balaban J connectivity index is 2.35. The first-order valence-electron chi connectivity index (χ1n) is 7.07. The third kappa shape index (κ3) is 4.63. The van der Waals surface area contributed by atoms with E-state index in [0.29, 0.717) is 11.4 Å². The molecule has 1 saturated carbocycles. The van der Waals surface area contributed by atoms with Crippen molar-refractivity contribution in [1.82, 2.24) is 0 Å². The number of halogens is 1. The smallest absolute Gasteiger partial charge is 0.0336 e. The van der Waals surface area contributed by atoms with Crippen LogP contribution in [0.5, 0.6) is 0 Å². The minimum atomic E-state index is 0.411. The van der Waals surface area contributed by atoms with Gasteiger partial charge in [0.2, 0.25) is 0 Å². The summed E-state index contributed by atoms with van der Waals surface area (Å²) < 4.78 is 0. The lowest BCUT2D eigenvalue weighted by Crippen LogP contribution is -2.31. The van der Waals surface area contributed by atoms with Crippen LogP contribution in [-0.4, -0.2) is 11.4 Å². The maximum absolute atomic E-state index is 6.22. The molecule has 2 atom stereocenters. The molecule has 96 valence electrons. The molecule has 0 heterocycles. The lowest BCUT2D eigenvalue weighted by molar-refractivity contribution is 0.251. The van der Waals surface area contributed by atoms with E-state index in [2.05, 4.69) is 13.8 Å². The summed E-state index contributed by atoms with van der Waals surface area (Å²) in [6.45, 7) is 4.48. The molecule has 0 bridgehead atoms. The highest BCUT2D eigenvalue weighted by molar-refractivity contribution is 6.20. The zero-order valence-electron chi connectivity index (χ0n) is 10.9. The molecule has 1 nitrogen and oxygen atoms in total. The van der Waals surface area contributed by atoms with Gasteiger partial charge in [0.05, 0.1) is 0 Å². The molecule has 1 rings (SSSR count). The maximum Gasteiger partial charge on any atom is 0.0336 e. The van der Waals surface area contributed by atoms with Gasteiger partial charge in [-0.3, -0.25) is 0 Å². The molecule has 1 fully saturated rings. The summed E-state index contributed by atoms with van der Waals surface area (Å²) in [5.41, 5.74) is 6.22. The summed E-state index contributed by atoms with van der Waals surface area (Å²) in [6.07, 6.45) is 10.1. The van der Waals surface area contributed by atoms with Crippen LogP contribution in [-0.2, 0) is 0 Å². The number of rotatable bonds is 6. The van der Waals surface area contributed by atoms with Gasteiger partial charge in [0.15, 0.2) is 0 Å². The van der Waals surface area contributed by atoms with E-state index in [1.54, 1.807) is 0 Å². The largest absolute Gasteiger partial charge is 0.327 e. The van der Waals surface area contributed by atoms with Gasteiger partial charge in [-0.15, -0.1) is 11.6 Å². The minimum Gasteiger partial charge on any atom is -0.327 e. The highest BCUT2D eigenvalue weighted by Crippen LogP contribution is 2.33. The lowest BCUT2D eigenvalue weighted by atomic mass is 9.78. The predicted molar refractivity (Wildman–Crippen MR) is 72.9 cm³/mol. The summed E-state index contributed by atoms with van der Waals surface area (Å²) in [6, 6.07) is 0.411. The van der Waals surface area contributed by atoms with Gasteiger partial charge in [-0.1, -0.05) is 20.3 Å². The molecular formula is C14H28ClN. The van der Waals surface area contributed by atoms with Crippen LogP contribution >= 0.6 is 11.6 Å². The Labute approximate surface area is 106 Å². The van der Waals surface area contributed by atoms with Gasteiger partial charge in [-0.2, -0.15) is 0 Å². The topological polar surface area (TPSA) is 26.0 Å². The van der Waals surface area contributed by atoms with Crippen molar-refractivity contribution in [3.63, 3.8) is 0 Å². The summed E-state index contributed by atoms with van der Waals surface area (Å²) >= 11 is 6.14. The van der Waals surface area contributed by atoms with E-state index in [1.807, 2.05) is 0 Å². The maximum atomic E-state index is 6.22. The monoisotopic (exact) mass is 245 g/mol. The van der Waals surface area contributed by atoms with Crippen molar-refractivity contribution in [2.75, 3.05) is 0 Å². The molecule has 1 aliphatic carbocycles. The summed E-state index contributed by atoms with van der Waals surface area (Å²) in [5.74, 6) is 1.64. The molecule has 16 heavy (non-hydrogen) atoms. The Hall–Kier alpha value is 0.250. The number of alkyl halides is 1. The molecule has 2 N–H and O–H groups in total. The zero-order valence-corrected chi connectivity index (χ0v) is 11.7. The van der Waals surface area contributed by atoms with Crippen LogP contribution in [0.2, 0.25) is 0 Å². The molecule has 2 heteroatoms. The van der Waals surface area contributed by atoms with Crippen LogP contribution in [0.15, 0.2) is 0 Å². The third-order valence-corrected chi connectivity index (χ3v) is 4.59. The first-order valence-corrected chi connectivity index (χ1v) is 7.50. The first kappa shape index (κ1) is 14.3. The highest BCUT2D eigenvalue weighted by Gasteiger charge is 2.24. The van der Waals surface area contributed by atoms with Crippen LogP contribution in [0.3, 0.4) is 0 Å². The highest BCUT2D eigenvalue weighted by atomic mass is 35.5. The minimum absolute atomic E-state index is 0.411. The van der Waals surface area contributed by atoms with Crippen molar-refractivity contribution in [1.29, 1.82) is 0 Å². The fourth-order valence-electron chi connectivity index (χ4n) is 3.00. The van der Waals surface area contributed by atoms with Gasteiger partial charge in [-0.05, 0) is 56.8 Å². The van der Waals surface area contributed by atoms with E-state index in [1.165, 1.54) is 44.9 Å². The fourth-order valence-corrected chi connectivity index (χ4v) is 3.25. The standard InChI is InChI=1S/C14H28ClN/c1-3-5-12(14(16)4-2)10-11-6-8-13(15)9-7-11/h11-14H,3-10,16H2,1-2H3. The first-order chi connectivity index (χ1) is 7.67. The fraction of sp³-hybridized carbons (Fsp3) is 1.00. The second-order valence-corrected chi connectivity index (χ2v) is 6.09. The molecule has 1 aliphatic rings. The SMILES string of the molecule is CCCC(CC1CCC(Cl)CC1)C(N)CC. The molecule has 0 aliphatic heterocycles. The van der Waals surface area contributed by atoms with Crippen LogP contribution in [0.25, 0.3) is 0 Å². The molecule has 0 aromatic rings. The normalized spacial score (nSPS) is 30.0. The summed E-state index contributed by atoms with van der Waals surface area (Å²) in [5, 5.41) is 0.445. The van der Waals surface area contributed by atoms with Crippen LogP contribution in [0, 0.1) is 11.8 Å². The number of hydrogen-bond acceptors (Lipinski definition) is 1. The Morgan fingerprint density at radius 3 is 2.31 bits per heavy atom. The van der Waals surface area contributed by atoms with Crippen molar-refractivity contribution >= 4 is 11.6 Å². The van der Waals surface area contributed by atoms with E-state index in [0.717, 1.165) is 18.3 Å². The quantitative estimate of drug-likeness (QED) is 0.693. The molecule has 0 amide bonds. The van der Waals surface area contributed by atoms with Gasteiger partial charge in [0.1, 0.15) is 0 Å². The summed E-state index contributed by atoms with van der Waals surface area (Å²) in [7, 11) is 0. The van der Waals surface area contributed by atoms with Crippen molar-refractivity contribution < 1.29 is 0 Å². The van der Waals surface area contributed by atoms with Crippen molar-refractivity contribution in [3.8, 4) is 0 Å². The molecule has 2 unspecified atom stereocenters. The third-order valence-electron chi connectivity index (χ3n) is 4.15. The number of nitrogens with two attached hydrogens (primary N) is 1. The molecule has 0 radical (unpaired) electrons. The van der Waals surface area contributed by atoms with Gasteiger partial charge in [0, 0.05) is 11.4 Å². The van der Waals surface area contributed by atoms with Gasteiger partial charge >= 0.3 is 0 Å². The van der Waals surface area contributed by atoms with E-state index >= 15 is 0 Å². The average Bonchev–Trinajstić information content (AvgIpc) is 2.30. The lowest BCUT2D eigenvalue weighted by Gasteiger charge is -2.31. The van der Waals surface area contributed by atoms with Crippen LogP contribution < -0.4 is 5.73 Å². The second-order valence-electron chi connectivity index (χ2n) is 5.47. The van der Waals surface area contributed by atoms with Gasteiger partial charge < -0.3 is 5.73 Å². The predicted octanol–water partition coefficient (Wildman–Crippen LogP) is 4.33. The Bertz CT molecular complexity index is 176. The van der Waals surface area contributed by atoms with E-state index in [9.17, 15) is 0 Å². The van der Waals surface area contributed by atoms with E-state index in [4.69, 9.17) is 17.3 Å². The molecule has 0 aromatic carbocycles. The van der Waals surface area contributed by atoms with Crippen molar-refractivity contribution in [2.45, 2.75) is 76.6 Å². The Morgan fingerprint density at radius 2 is 1.81 bits per heavy atom. The Morgan fingerprint density at radius 1 is 1.19 bits per heavy atom. The van der Waals surface area contributed by atoms with Gasteiger partial charge in [0.25, 0.3) is 0 Å². The van der Waals surface area contributed by atoms with Gasteiger partial charge in [-0.25, -0.2) is 0 Å². The van der Waals surface area contributed by atoms with E-state index in [-0.39, 0.29) is 0 Å². The Kier molecular flexibility index (Phi) is 6.75. The molecule has 0 aromatic heterocycles. The van der Waals surface area contributed by atoms with Crippen LogP contribution in [0.1, 0.15) is 65.2 Å². The second kappa shape index (κ2) is 7.55. The van der Waals surface area contributed by atoms with E-state index < -0.39 is 0 Å². The van der Waals surface area contributed by atoms with Crippen molar-refractivity contribution in [2.24, 2.45) is 17.6 Å². The average molecular weight is 246 g/mol. The number of hydrogen-bond donors (Lipinski definition) is 1. The summed E-state index contributed by atoms with van der Waals surface area (Å²) in [4.78, 5) is 0. The van der Waals surface area contributed by atoms with Crippen molar-refractivity contribution in [3.05, 3.63) is 0 Å². The molecule has 0 spiro atoms. The van der Waals surface area contributed by atoms with Crippen LogP contribution in [0.4, 0.5) is 0 Å². The molecule has 0 saturated heterocycles. The molecular weight excluding hydrogens is 218 g/mol.